The van der Waals surface area contributed by atoms with Crippen molar-refractivity contribution in [3.05, 3.63) is 89.6 Å². The molecule has 0 bridgehead atoms. The van der Waals surface area contributed by atoms with E-state index in [-0.39, 0.29) is 17.5 Å². The average molecular weight is 596 g/mol. The molecular weight excluding hydrogens is 562 g/mol. The number of aromatic nitrogens is 5. The molecule has 0 saturated carbocycles. The van der Waals surface area contributed by atoms with E-state index >= 15 is 0 Å². The molecule has 1 saturated heterocycles. The Balaban J connectivity index is 1.18. The Morgan fingerprint density at radius 1 is 1.00 bits per heavy atom. The summed E-state index contributed by atoms with van der Waals surface area (Å²) in [4.78, 5) is 37.4. The van der Waals surface area contributed by atoms with E-state index in [2.05, 4.69) is 51.8 Å². The number of nitrogens with zero attached hydrogens (tertiary/aromatic N) is 8. The van der Waals surface area contributed by atoms with Gasteiger partial charge >= 0.3 is 0 Å². The molecule has 2 aromatic carbocycles. The van der Waals surface area contributed by atoms with Crippen LogP contribution in [0, 0.1) is 11.3 Å². The number of hydrogen-bond donors (Lipinski definition) is 5. The number of aliphatic hydroxyl groups is 1. The SMILES string of the molecule is CNC(O)[C@H](Cc1ccc(C#N)cc1)Nc1ncnc(Nc2cccc(CN3CCN(C(=O)c4nccnc4O)CC3)c2)n1. The fourth-order valence-electron chi connectivity index (χ4n) is 4.88. The van der Waals surface area contributed by atoms with Gasteiger partial charge in [-0.3, -0.25) is 15.0 Å². The first-order chi connectivity index (χ1) is 21.4. The molecule has 1 aliphatic heterocycles. The number of nitrogens with one attached hydrogen (secondary N) is 3. The normalized spacial score (nSPS) is 14.8. The minimum Gasteiger partial charge on any atom is -0.492 e. The number of amides is 1. The van der Waals surface area contributed by atoms with Crippen molar-refractivity contribution in [2.75, 3.05) is 43.9 Å². The van der Waals surface area contributed by atoms with Crippen LogP contribution >= 0.6 is 0 Å². The maximum atomic E-state index is 12.7. The molecule has 3 heterocycles. The van der Waals surface area contributed by atoms with E-state index in [0.717, 1.165) is 16.8 Å². The number of carbonyl (C=O) groups is 1. The lowest BCUT2D eigenvalue weighted by Gasteiger charge is -2.34. The first-order valence-electron chi connectivity index (χ1n) is 14.1. The average Bonchev–Trinajstić information content (AvgIpc) is 3.05. The third-order valence-corrected chi connectivity index (χ3v) is 7.23. The second-order valence-corrected chi connectivity index (χ2v) is 10.3. The van der Waals surface area contributed by atoms with Gasteiger partial charge in [0.15, 0.2) is 5.69 Å². The van der Waals surface area contributed by atoms with Crippen molar-refractivity contribution in [3.8, 4) is 11.9 Å². The number of anilines is 3. The van der Waals surface area contributed by atoms with Crippen molar-refractivity contribution >= 4 is 23.5 Å². The quantitative estimate of drug-likeness (QED) is 0.157. The fourth-order valence-corrected chi connectivity index (χ4v) is 4.88. The molecule has 44 heavy (non-hydrogen) atoms. The lowest BCUT2D eigenvalue weighted by molar-refractivity contribution is 0.0618. The fraction of sp³-hybridized carbons (Fsp3) is 0.300. The van der Waals surface area contributed by atoms with Crippen molar-refractivity contribution < 1.29 is 15.0 Å². The highest BCUT2D eigenvalue weighted by Gasteiger charge is 2.25. The van der Waals surface area contributed by atoms with E-state index in [1.165, 1.54) is 18.7 Å². The van der Waals surface area contributed by atoms with Gasteiger partial charge in [0.05, 0.1) is 17.7 Å². The van der Waals surface area contributed by atoms with Gasteiger partial charge in [0.1, 0.15) is 12.6 Å². The second-order valence-electron chi connectivity index (χ2n) is 10.3. The van der Waals surface area contributed by atoms with Crippen LogP contribution in [-0.4, -0.2) is 96.3 Å². The number of carbonyl (C=O) groups excluding carboxylic acids is 1. The Morgan fingerprint density at radius 2 is 1.75 bits per heavy atom. The standard InChI is InChI=1S/C30H33N11O3/c1-32-26(42)24(16-20-5-7-21(17-31)8-6-20)38-30-36-19-35-29(39-30)37-23-4-2-3-22(15-23)18-40-11-13-41(14-12-40)28(44)25-27(43)34-10-9-33-25/h2-10,15,19,24,26,32,42H,11-14,16,18H2,1H3,(H,34,43)(H2,35,36,37,38,39)/t24-,26?/m0/s1. The summed E-state index contributed by atoms with van der Waals surface area (Å²) < 4.78 is 0. The zero-order valence-corrected chi connectivity index (χ0v) is 24.1. The molecule has 0 radical (unpaired) electrons. The minimum atomic E-state index is -0.880. The molecule has 1 aliphatic rings. The smallest absolute Gasteiger partial charge is 0.278 e. The molecule has 4 aromatic rings. The summed E-state index contributed by atoms with van der Waals surface area (Å²) in [6.45, 7) is 3.07. The highest BCUT2D eigenvalue weighted by molar-refractivity contribution is 5.94. The third-order valence-electron chi connectivity index (χ3n) is 7.23. The number of aliphatic hydroxyl groups excluding tert-OH is 1. The lowest BCUT2D eigenvalue weighted by Crippen LogP contribution is -2.48. The summed E-state index contributed by atoms with van der Waals surface area (Å²) in [5.41, 5.74) is 3.36. The monoisotopic (exact) mass is 595 g/mol. The van der Waals surface area contributed by atoms with E-state index in [0.29, 0.717) is 56.6 Å². The summed E-state index contributed by atoms with van der Waals surface area (Å²) in [7, 11) is 1.66. The van der Waals surface area contributed by atoms with Gasteiger partial charge in [0.2, 0.25) is 17.8 Å². The van der Waals surface area contributed by atoms with E-state index in [1.807, 2.05) is 36.4 Å². The van der Waals surface area contributed by atoms with Crippen molar-refractivity contribution in [1.82, 2.24) is 40.0 Å². The Morgan fingerprint density at radius 3 is 2.48 bits per heavy atom. The number of piperazine rings is 1. The van der Waals surface area contributed by atoms with E-state index in [9.17, 15) is 15.0 Å². The van der Waals surface area contributed by atoms with Crippen molar-refractivity contribution in [2.45, 2.75) is 25.2 Å². The molecule has 5 N–H and O–H groups in total. The maximum absolute atomic E-state index is 12.7. The predicted molar refractivity (Wildman–Crippen MR) is 162 cm³/mol. The zero-order chi connectivity index (χ0) is 30.9. The van der Waals surface area contributed by atoms with Gasteiger partial charge < -0.3 is 25.7 Å². The van der Waals surface area contributed by atoms with Crippen LogP contribution in [0.4, 0.5) is 17.6 Å². The Bertz CT molecular complexity index is 1600. The number of likely N-dealkylation sites (N-methyl/N-ethyl adjacent to an activating group) is 1. The molecular formula is C30H33N11O3. The van der Waals surface area contributed by atoms with Crippen LogP contribution in [0.5, 0.6) is 5.88 Å². The molecule has 2 aromatic heterocycles. The highest BCUT2D eigenvalue weighted by Crippen LogP contribution is 2.19. The predicted octanol–water partition coefficient (Wildman–Crippen LogP) is 1.50. The molecule has 2 atom stereocenters. The summed E-state index contributed by atoms with van der Waals surface area (Å²) in [5, 5.41) is 38.8. The highest BCUT2D eigenvalue weighted by atomic mass is 16.3. The number of rotatable bonds is 11. The molecule has 1 fully saturated rings. The van der Waals surface area contributed by atoms with Crippen LogP contribution in [0.25, 0.3) is 0 Å². The molecule has 0 aliphatic carbocycles. The largest absolute Gasteiger partial charge is 0.492 e. The first kappa shape index (κ1) is 30.2. The molecule has 1 unspecified atom stereocenters. The lowest BCUT2D eigenvalue weighted by atomic mass is 10.0. The number of aromatic hydroxyl groups is 1. The van der Waals surface area contributed by atoms with Gasteiger partial charge in [-0.05, 0) is 48.9 Å². The number of nitriles is 1. The zero-order valence-electron chi connectivity index (χ0n) is 24.1. The molecule has 1 amide bonds. The molecule has 0 spiro atoms. The van der Waals surface area contributed by atoms with Crippen molar-refractivity contribution in [2.24, 2.45) is 0 Å². The Hall–Kier alpha value is -5.23. The van der Waals surface area contributed by atoms with Crippen LogP contribution in [0.1, 0.15) is 27.2 Å². The first-order valence-corrected chi connectivity index (χ1v) is 14.1. The van der Waals surface area contributed by atoms with Gasteiger partial charge in [-0.2, -0.15) is 10.2 Å². The third kappa shape index (κ3) is 7.78. The molecule has 226 valence electrons. The Kier molecular flexibility index (Phi) is 9.82. The summed E-state index contributed by atoms with van der Waals surface area (Å²) in [5.74, 6) is -0.0403. The number of hydrogen-bond acceptors (Lipinski definition) is 13. The van der Waals surface area contributed by atoms with E-state index in [4.69, 9.17) is 5.26 Å². The Labute approximate surface area is 254 Å². The van der Waals surface area contributed by atoms with E-state index < -0.39 is 12.3 Å². The van der Waals surface area contributed by atoms with Crippen LogP contribution < -0.4 is 16.0 Å². The second kappa shape index (κ2) is 14.3. The minimum absolute atomic E-state index is 0.0311. The van der Waals surface area contributed by atoms with Gasteiger partial charge in [0.25, 0.3) is 5.91 Å². The van der Waals surface area contributed by atoms with Crippen molar-refractivity contribution in [3.63, 3.8) is 0 Å². The molecule has 5 rings (SSSR count). The van der Waals surface area contributed by atoms with Gasteiger partial charge in [-0.15, -0.1) is 0 Å². The molecule has 14 nitrogen and oxygen atoms in total. The summed E-state index contributed by atoms with van der Waals surface area (Å²) in [6, 6.07) is 16.8. The number of benzene rings is 2. The van der Waals surface area contributed by atoms with Gasteiger partial charge in [-0.1, -0.05) is 24.3 Å². The molecule has 14 heteroatoms. The van der Waals surface area contributed by atoms with Crippen LogP contribution in [-0.2, 0) is 13.0 Å². The van der Waals surface area contributed by atoms with Crippen molar-refractivity contribution in [1.29, 1.82) is 5.26 Å². The van der Waals surface area contributed by atoms with Gasteiger partial charge in [0, 0.05) is 50.8 Å². The van der Waals surface area contributed by atoms with E-state index in [1.54, 1.807) is 24.1 Å². The summed E-state index contributed by atoms with van der Waals surface area (Å²) >= 11 is 0. The van der Waals surface area contributed by atoms with Gasteiger partial charge in [-0.25, -0.2) is 19.9 Å². The topological polar surface area (TPSA) is 188 Å². The van der Waals surface area contributed by atoms with Crippen LogP contribution in [0.2, 0.25) is 0 Å². The van der Waals surface area contributed by atoms with Crippen LogP contribution in [0.15, 0.2) is 67.3 Å². The van der Waals surface area contributed by atoms with Crippen LogP contribution in [0.3, 0.4) is 0 Å². The maximum Gasteiger partial charge on any atom is 0.278 e. The summed E-state index contributed by atoms with van der Waals surface area (Å²) in [6.07, 6.45) is 3.72.